The minimum atomic E-state index is -5.92. The molecule has 10 heteroatoms. The molecular formula is C15H16F6N2O2. The number of carbonyl (C=O) groups is 1. The van der Waals surface area contributed by atoms with Gasteiger partial charge in [0.05, 0.1) is 6.54 Å². The third-order valence-corrected chi connectivity index (χ3v) is 4.03. The molecule has 1 aliphatic heterocycles. The smallest absolute Gasteiger partial charge is 0.376 e. The maximum Gasteiger partial charge on any atom is 0.430 e. The van der Waals surface area contributed by atoms with Gasteiger partial charge in [-0.3, -0.25) is 4.79 Å². The average Bonchev–Trinajstić information content (AvgIpc) is 3.04. The van der Waals surface area contributed by atoms with Crippen LogP contribution in [0.25, 0.3) is 0 Å². The highest BCUT2D eigenvalue weighted by molar-refractivity contribution is 5.81. The predicted octanol–water partition coefficient (Wildman–Crippen LogP) is 3.03. The van der Waals surface area contributed by atoms with Crippen molar-refractivity contribution in [3.63, 3.8) is 0 Å². The van der Waals surface area contributed by atoms with Crippen LogP contribution in [-0.4, -0.2) is 47.9 Å². The van der Waals surface area contributed by atoms with Crippen LogP contribution < -0.4 is 5.32 Å². The van der Waals surface area contributed by atoms with Crippen molar-refractivity contribution in [1.82, 2.24) is 4.90 Å². The average molecular weight is 370 g/mol. The summed E-state index contributed by atoms with van der Waals surface area (Å²) in [7, 11) is 0. The lowest BCUT2D eigenvalue weighted by molar-refractivity contribution is -0.376. The van der Waals surface area contributed by atoms with Gasteiger partial charge >= 0.3 is 12.4 Å². The molecule has 0 aliphatic carbocycles. The van der Waals surface area contributed by atoms with Gasteiger partial charge in [0, 0.05) is 24.3 Å². The van der Waals surface area contributed by atoms with Gasteiger partial charge in [0.2, 0.25) is 5.91 Å². The summed E-state index contributed by atoms with van der Waals surface area (Å²) in [6.45, 7) is 1.13. The summed E-state index contributed by atoms with van der Waals surface area (Å²) in [5.74, 6) is -0.205. The van der Waals surface area contributed by atoms with Crippen LogP contribution in [-0.2, 0) is 10.4 Å². The zero-order chi connectivity index (χ0) is 18.9. The molecule has 0 spiro atoms. The number of amides is 1. The van der Waals surface area contributed by atoms with Crippen molar-refractivity contribution >= 4 is 11.6 Å². The van der Waals surface area contributed by atoms with Crippen LogP contribution >= 0.6 is 0 Å². The van der Waals surface area contributed by atoms with Crippen LogP contribution in [0.5, 0.6) is 0 Å². The lowest BCUT2D eigenvalue weighted by Gasteiger charge is -2.32. The number of hydrogen-bond donors (Lipinski definition) is 2. The fourth-order valence-corrected chi connectivity index (χ4v) is 2.57. The highest BCUT2D eigenvalue weighted by atomic mass is 19.4. The van der Waals surface area contributed by atoms with Gasteiger partial charge in [-0.25, -0.2) is 0 Å². The fourth-order valence-electron chi connectivity index (χ4n) is 2.57. The van der Waals surface area contributed by atoms with Gasteiger partial charge < -0.3 is 15.3 Å². The third kappa shape index (κ3) is 3.83. The summed E-state index contributed by atoms with van der Waals surface area (Å²) in [5.41, 5.74) is -6.13. The van der Waals surface area contributed by atoms with E-state index in [0.29, 0.717) is 25.2 Å². The normalized spacial score (nSPS) is 16.2. The van der Waals surface area contributed by atoms with E-state index in [1.54, 1.807) is 4.90 Å². The van der Waals surface area contributed by atoms with Crippen molar-refractivity contribution in [1.29, 1.82) is 0 Å². The quantitative estimate of drug-likeness (QED) is 0.802. The van der Waals surface area contributed by atoms with Crippen molar-refractivity contribution in [3.05, 3.63) is 29.8 Å². The second-order valence-electron chi connectivity index (χ2n) is 5.72. The molecule has 0 unspecified atom stereocenters. The van der Waals surface area contributed by atoms with Crippen molar-refractivity contribution in [2.24, 2.45) is 0 Å². The van der Waals surface area contributed by atoms with Gasteiger partial charge in [-0.2, -0.15) is 26.3 Å². The van der Waals surface area contributed by atoms with Crippen molar-refractivity contribution in [3.8, 4) is 0 Å². The van der Waals surface area contributed by atoms with Gasteiger partial charge in [-0.15, -0.1) is 0 Å². The Kier molecular flexibility index (Phi) is 5.22. The third-order valence-electron chi connectivity index (χ3n) is 4.03. The van der Waals surface area contributed by atoms with E-state index in [-0.39, 0.29) is 18.1 Å². The Balaban J connectivity index is 2.11. The Morgan fingerprint density at radius 3 is 1.92 bits per heavy atom. The molecule has 0 bridgehead atoms. The molecule has 1 aromatic rings. The lowest BCUT2D eigenvalue weighted by Crippen LogP contribution is -2.53. The van der Waals surface area contributed by atoms with E-state index >= 15 is 0 Å². The summed E-state index contributed by atoms with van der Waals surface area (Å²) in [4.78, 5) is 13.5. The van der Waals surface area contributed by atoms with Crippen molar-refractivity contribution < 1.29 is 36.2 Å². The SMILES string of the molecule is O=C(CNc1ccc(C(O)(C(F)(F)F)C(F)(F)F)cc1)N1CCCC1. The number of halogens is 6. The molecule has 25 heavy (non-hydrogen) atoms. The van der Waals surface area contributed by atoms with Crippen LogP contribution in [0.4, 0.5) is 32.0 Å². The number of nitrogens with zero attached hydrogens (tertiary/aromatic N) is 1. The van der Waals surface area contributed by atoms with E-state index in [9.17, 15) is 36.2 Å². The topological polar surface area (TPSA) is 52.6 Å². The Morgan fingerprint density at radius 1 is 1.00 bits per heavy atom. The largest absolute Gasteiger partial charge is 0.430 e. The first-order valence-corrected chi connectivity index (χ1v) is 7.45. The Bertz CT molecular complexity index is 592. The zero-order valence-corrected chi connectivity index (χ0v) is 12.9. The Labute approximate surface area is 139 Å². The van der Waals surface area contributed by atoms with Gasteiger partial charge in [0.15, 0.2) is 0 Å². The standard InChI is InChI=1S/C15H16F6N2O2/c16-14(17,18)13(25,15(19,20)21)10-3-5-11(6-4-10)22-9-12(24)23-7-1-2-8-23/h3-6,22,25H,1-2,7-9H2. The number of hydrogen-bond acceptors (Lipinski definition) is 3. The molecule has 0 radical (unpaired) electrons. The summed E-state index contributed by atoms with van der Waals surface area (Å²) < 4.78 is 76.7. The second kappa shape index (κ2) is 6.74. The predicted molar refractivity (Wildman–Crippen MR) is 76.8 cm³/mol. The monoisotopic (exact) mass is 370 g/mol. The molecule has 1 fully saturated rings. The number of aliphatic hydroxyl groups is 1. The molecule has 4 nitrogen and oxygen atoms in total. The minimum absolute atomic E-state index is 0.123. The number of carbonyl (C=O) groups excluding carboxylic acids is 1. The second-order valence-corrected chi connectivity index (χ2v) is 5.72. The first-order chi connectivity index (χ1) is 11.5. The summed E-state index contributed by atoms with van der Waals surface area (Å²) in [5, 5.41) is 11.9. The number of anilines is 1. The highest BCUT2D eigenvalue weighted by Crippen LogP contribution is 2.50. The van der Waals surface area contributed by atoms with E-state index in [1.165, 1.54) is 0 Å². The number of likely N-dealkylation sites (tertiary alicyclic amines) is 1. The molecule has 1 heterocycles. The van der Waals surface area contributed by atoms with Crippen molar-refractivity contribution in [2.45, 2.75) is 30.8 Å². The van der Waals surface area contributed by atoms with Crippen LogP contribution in [0.2, 0.25) is 0 Å². The van der Waals surface area contributed by atoms with Crippen LogP contribution in [0.1, 0.15) is 18.4 Å². The Hall–Kier alpha value is -1.97. The van der Waals surface area contributed by atoms with Crippen LogP contribution in [0, 0.1) is 0 Å². The summed E-state index contributed by atoms with van der Waals surface area (Å²) in [6, 6.07) is 2.97. The number of nitrogens with one attached hydrogen (secondary N) is 1. The molecule has 1 aromatic carbocycles. The van der Waals surface area contributed by atoms with E-state index in [4.69, 9.17) is 0 Å². The van der Waals surface area contributed by atoms with E-state index in [2.05, 4.69) is 5.32 Å². The highest BCUT2D eigenvalue weighted by Gasteiger charge is 2.71. The molecule has 2 N–H and O–H groups in total. The summed E-state index contributed by atoms with van der Waals surface area (Å²) in [6.07, 6.45) is -10.1. The molecule has 0 saturated carbocycles. The number of rotatable bonds is 4. The van der Waals surface area contributed by atoms with Crippen LogP contribution in [0.15, 0.2) is 24.3 Å². The zero-order valence-electron chi connectivity index (χ0n) is 12.9. The first kappa shape index (κ1) is 19.4. The van der Waals surface area contributed by atoms with E-state index in [1.807, 2.05) is 0 Å². The lowest BCUT2D eigenvalue weighted by atomic mass is 9.92. The summed E-state index contributed by atoms with van der Waals surface area (Å²) >= 11 is 0. The fraction of sp³-hybridized carbons (Fsp3) is 0.533. The Morgan fingerprint density at radius 2 is 1.48 bits per heavy atom. The minimum Gasteiger partial charge on any atom is -0.376 e. The van der Waals surface area contributed by atoms with Crippen molar-refractivity contribution in [2.75, 3.05) is 25.0 Å². The van der Waals surface area contributed by atoms with Gasteiger partial charge in [-0.1, -0.05) is 12.1 Å². The maximum atomic E-state index is 12.8. The van der Waals surface area contributed by atoms with Crippen LogP contribution in [0.3, 0.4) is 0 Å². The molecule has 1 aliphatic rings. The molecule has 0 atom stereocenters. The van der Waals surface area contributed by atoms with E-state index < -0.39 is 23.5 Å². The van der Waals surface area contributed by atoms with Gasteiger partial charge in [0.25, 0.3) is 5.60 Å². The molecule has 0 aromatic heterocycles. The van der Waals surface area contributed by atoms with Gasteiger partial charge in [0.1, 0.15) is 0 Å². The van der Waals surface area contributed by atoms with Gasteiger partial charge in [-0.05, 0) is 25.0 Å². The molecular weight excluding hydrogens is 354 g/mol. The molecule has 2 rings (SSSR count). The number of alkyl halides is 6. The molecule has 140 valence electrons. The molecule has 1 saturated heterocycles. The van der Waals surface area contributed by atoms with E-state index in [0.717, 1.165) is 25.0 Å². The number of benzene rings is 1. The maximum absolute atomic E-state index is 12.8. The first-order valence-electron chi connectivity index (χ1n) is 7.45. The molecule has 1 amide bonds.